The fourth-order valence-corrected chi connectivity index (χ4v) is 3.63. The van der Waals surface area contributed by atoms with Crippen molar-refractivity contribution in [3.8, 4) is 11.3 Å². The molecule has 0 N–H and O–H groups in total. The van der Waals surface area contributed by atoms with Crippen molar-refractivity contribution >= 4 is 44.3 Å². The summed E-state index contributed by atoms with van der Waals surface area (Å²) in [4.78, 5) is 40.5. The average Bonchev–Trinajstić information content (AvgIpc) is 2.82. The van der Waals surface area contributed by atoms with Crippen molar-refractivity contribution in [1.29, 1.82) is 0 Å². The van der Waals surface area contributed by atoms with E-state index in [2.05, 4.69) is 20.9 Å². The first-order chi connectivity index (χ1) is 15.8. The van der Waals surface area contributed by atoms with Gasteiger partial charge in [0.1, 0.15) is 0 Å². The number of aromatic nitrogens is 1. The van der Waals surface area contributed by atoms with E-state index in [0.29, 0.717) is 16.6 Å². The first-order valence-electron chi connectivity index (χ1n) is 9.94. The number of esters is 1. The number of carbonyl (C=O) groups excluding carboxylic acids is 2. The molecule has 164 valence electrons. The number of ketones is 1. The molecule has 0 atom stereocenters. The van der Waals surface area contributed by atoms with Crippen LogP contribution in [0.1, 0.15) is 26.3 Å². The van der Waals surface area contributed by atoms with Crippen LogP contribution in [0.25, 0.3) is 22.2 Å². The first-order valence-corrected chi connectivity index (χ1v) is 10.7. The second-order valence-corrected chi connectivity index (χ2v) is 8.30. The number of Topliss-reactive ketones (excluding diaryl/α,β-unsaturated/α-hetero) is 1. The Bertz CT molecular complexity index is 1400. The number of rotatable bonds is 6. The molecule has 0 aliphatic carbocycles. The van der Waals surface area contributed by atoms with Gasteiger partial charge in [0.15, 0.2) is 6.61 Å². The second kappa shape index (κ2) is 9.30. The summed E-state index contributed by atoms with van der Waals surface area (Å²) in [5, 5.41) is 11.6. The molecular formula is C25H17BrN2O5. The molecule has 0 saturated heterocycles. The van der Waals surface area contributed by atoms with Crippen molar-refractivity contribution in [3.63, 3.8) is 0 Å². The van der Waals surface area contributed by atoms with E-state index in [-0.39, 0.29) is 16.8 Å². The van der Waals surface area contributed by atoms with Gasteiger partial charge >= 0.3 is 5.97 Å². The molecule has 0 spiro atoms. The normalized spacial score (nSPS) is 10.7. The maximum Gasteiger partial charge on any atom is 0.339 e. The summed E-state index contributed by atoms with van der Waals surface area (Å²) >= 11 is 3.41. The molecule has 7 nitrogen and oxygen atoms in total. The van der Waals surface area contributed by atoms with Crippen molar-refractivity contribution in [2.24, 2.45) is 0 Å². The molecule has 4 aromatic rings. The number of nitro benzene ring substituents is 1. The Labute approximate surface area is 197 Å². The lowest BCUT2D eigenvalue weighted by Crippen LogP contribution is -2.15. The van der Waals surface area contributed by atoms with Gasteiger partial charge in [0.25, 0.3) is 5.69 Å². The lowest BCUT2D eigenvalue weighted by molar-refractivity contribution is -0.384. The minimum Gasteiger partial charge on any atom is -0.454 e. The molecule has 33 heavy (non-hydrogen) atoms. The SMILES string of the molecule is Cc1ccc2nc(-c3ccc(Br)cc3)cc(C(=O)OCC(=O)c3cccc([N+](=O)[O-])c3)c2c1. The molecular weight excluding hydrogens is 488 g/mol. The van der Waals surface area contributed by atoms with Crippen LogP contribution in [0, 0.1) is 17.0 Å². The highest BCUT2D eigenvalue weighted by Crippen LogP contribution is 2.27. The van der Waals surface area contributed by atoms with Gasteiger partial charge in [0.2, 0.25) is 5.78 Å². The Hall–Kier alpha value is -3.91. The number of nitro groups is 1. The van der Waals surface area contributed by atoms with Crippen molar-refractivity contribution in [3.05, 3.63) is 104 Å². The molecule has 1 aromatic heterocycles. The van der Waals surface area contributed by atoms with Crippen LogP contribution in [0.5, 0.6) is 0 Å². The van der Waals surface area contributed by atoms with E-state index in [4.69, 9.17) is 4.74 Å². The number of hydrogen-bond acceptors (Lipinski definition) is 6. The molecule has 0 unspecified atom stereocenters. The van der Waals surface area contributed by atoms with E-state index < -0.39 is 23.3 Å². The van der Waals surface area contributed by atoms with Crippen molar-refractivity contribution < 1.29 is 19.2 Å². The maximum absolute atomic E-state index is 13.0. The van der Waals surface area contributed by atoms with Gasteiger partial charge in [0.05, 0.1) is 21.7 Å². The number of nitrogens with zero attached hydrogens (tertiary/aromatic N) is 2. The summed E-state index contributed by atoms with van der Waals surface area (Å²) in [5.74, 6) is -1.21. The molecule has 0 aliphatic heterocycles. The molecule has 0 aliphatic rings. The number of hydrogen-bond donors (Lipinski definition) is 0. The van der Waals surface area contributed by atoms with Crippen LogP contribution in [0.15, 0.2) is 77.3 Å². The number of benzene rings is 3. The standard InChI is InChI=1S/C25H17BrN2O5/c1-15-5-10-22-20(11-15)21(13-23(27-22)16-6-8-18(26)9-7-16)25(30)33-14-24(29)17-3-2-4-19(12-17)28(31)32/h2-13H,14H2,1H3. The lowest BCUT2D eigenvalue weighted by Gasteiger charge is -2.11. The summed E-state index contributed by atoms with van der Waals surface area (Å²) < 4.78 is 6.23. The topological polar surface area (TPSA) is 99.4 Å². The van der Waals surface area contributed by atoms with E-state index in [1.54, 1.807) is 6.07 Å². The van der Waals surface area contributed by atoms with Crippen molar-refractivity contribution in [2.45, 2.75) is 6.92 Å². The largest absolute Gasteiger partial charge is 0.454 e. The number of carbonyl (C=O) groups is 2. The number of ether oxygens (including phenoxy) is 1. The van der Waals surface area contributed by atoms with Crippen LogP contribution >= 0.6 is 15.9 Å². The number of non-ortho nitro benzene ring substituents is 1. The predicted octanol–water partition coefficient (Wildman–Crippen LogP) is 5.92. The van der Waals surface area contributed by atoms with Gasteiger partial charge < -0.3 is 4.74 Å². The van der Waals surface area contributed by atoms with E-state index in [1.807, 2.05) is 49.4 Å². The molecule has 4 rings (SSSR count). The fraction of sp³-hybridized carbons (Fsp3) is 0.0800. The van der Waals surface area contributed by atoms with Gasteiger partial charge in [-0.25, -0.2) is 9.78 Å². The highest BCUT2D eigenvalue weighted by Gasteiger charge is 2.18. The highest BCUT2D eigenvalue weighted by atomic mass is 79.9. The van der Waals surface area contributed by atoms with Gasteiger partial charge in [-0.2, -0.15) is 0 Å². The quantitative estimate of drug-likeness (QED) is 0.140. The smallest absolute Gasteiger partial charge is 0.339 e. The Morgan fingerprint density at radius 2 is 1.79 bits per heavy atom. The van der Waals surface area contributed by atoms with Crippen LogP contribution < -0.4 is 0 Å². The highest BCUT2D eigenvalue weighted by molar-refractivity contribution is 9.10. The first kappa shape index (κ1) is 22.3. The molecule has 1 heterocycles. The molecule has 0 radical (unpaired) electrons. The summed E-state index contributed by atoms with van der Waals surface area (Å²) in [5.41, 5.74) is 3.16. The minimum absolute atomic E-state index is 0.1000. The Morgan fingerprint density at radius 1 is 1.03 bits per heavy atom. The molecule has 0 amide bonds. The van der Waals surface area contributed by atoms with Gasteiger partial charge in [-0.15, -0.1) is 0 Å². The predicted molar refractivity (Wildman–Crippen MR) is 127 cm³/mol. The molecule has 8 heteroatoms. The van der Waals surface area contributed by atoms with Crippen LogP contribution in [-0.2, 0) is 4.74 Å². The zero-order valence-electron chi connectivity index (χ0n) is 17.4. The van der Waals surface area contributed by atoms with Crippen LogP contribution in [-0.4, -0.2) is 28.3 Å². The Balaban J connectivity index is 1.64. The van der Waals surface area contributed by atoms with Gasteiger partial charge in [0, 0.05) is 33.1 Å². The van der Waals surface area contributed by atoms with Gasteiger partial charge in [-0.3, -0.25) is 14.9 Å². The van der Waals surface area contributed by atoms with Crippen LogP contribution in [0.4, 0.5) is 5.69 Å². The Kier molecular flexibility index (Phi) is 6.28. The van der Waals surface area contributed by atoms with Gasteiger partial charge in [-0.1, -0.05) is 51.8 Å². The fourth-order valence-electron chi connectivity index (χ4n) is 3.36. The molecule has 3 aromatic carbocycles. The third kappa shape index (κ3) is 4.96. The summed E-state index contributed by atoms with van der Waals surface area (Å²) in [7, 11) is 0. The zero-order valence-corrected chi connectivity index (χ0v) is 19.0. The van der Waals surface area contributed by atoms with E-state index in [9.17, 15) is 19.7 Å². The number of fused-ring (bicyclic) bond motifs is 1. The number of pyridine rings is 1. The summed E-state index contributed by atoms with van der Waals surface area (Å²) in [6.07, 6.45) is 0. The van der Waals surface area contributed by atoms with Crippen LogP contribution in [0.2, 0.25) is 0 Å². The van der Waals surface area contributed by atoms with Crippen molar-refractivity contribution in [1.82, 2.24) is 4.98 Å². The third-order valence-electron chi connectivity index (χ3n) is 5.04. The van der Waals surface area contributed by atoms with E-state index in [1.165, 1.54) is 18.2 Å². The summed E-state index contributed by atoms with van der Waals surface area (Å²) in [6, 6.07) is 20.1. The zero-order chi connectivity index (χ0) is 23.5. The van der Waals surface area contributed by atoms with Gasteiger partial charge in [-0.05, 0) is 37.3 Å². The molecule has 0 saturated carbocycles. The van der Waals surface area contributed by atoms with E-state index >= 15 is 0 Å². The third-order valence-corrected chi connectivity index (χ3v) is 5.57. The van der Waals surface area contributed by atoms with Crippen molar-refractivity contribution in [2.75, 3.05) is 6.61 Å². The van der Waals surface area contributed by atoms with E-state index in [0.717, 1.165) is 21.7 Å². The molecule has 0 bridgehead atoms. The Morgan fingerprint density at radius 3 is 2.52 bits per heavy atom. The summed E-state index contributed by atoms with van der Waals surface area (Å²) in [6.45, 7) is 1.37. The number of halogens is 1. The molecule has 0 fully saturated rings. The lowest BCUT2D eigenvalue weighted by atomic mass is 10.0. The average molecular weight is 505 g/mol. The second-order valence-electron chi connectivity index (χ2n) is 7.39. The maximum atomic E-state index is 13.0. The monoisotopic (exact) mass is 504 g/mol. The number of aryl methyl sites for hydroxylation is 1. The van der Waals surface area contributed by atoms with Crippen LogP contribution in [0.3, 0.4) is 0 Å². The minimum atomic E-state index is -0.676.